The Balaban J connectivity index is 1.34. The summed E-state index contributed by atoms with van der Waals surface area (Å²) < 4.78 is 2.74. The van der Waals surface area contributed by atoms with E-state index in [0.717, 1.165) is 50.5 Å². The molecule has 1 aliphatic heterocycles. The summed E-state index contributed by atoms with van der Waals surface area (Å²) >= 11 is 5.00. The number of thioether (sulfide) groups is 1. The van der Waals surface area contributed by atoms with Crippen LogP contribution in [0.1, 0.15) is 23.1 Å². The zero-order valence-electron chi connectivity index (χ0n) is 16.8. The second-order valence-electron chi connectivity index (χ2n) is 7.89. The van der Waals surface area contributed by atoms with E-state index in [-0.39, 0.29) is 10.6 Å². The minimum absolute atomic E-state index is 0.0842. The van der Waals surface area contributed by atoms with Crippen molar-refractivity contribution in [3.8, 4) is 0 Å². The van der Waals surface area contributed by atoms with Gasteiger partial charge in [-0.25, -0.2) is 15.0 Å². The van der Waals surface area contributed by atoms with Crippen LogP contribution in [0.2, 0.25) is 0 Å². The van der Waals surface area contributed by atoms with Crippen LogP contribution in [0, 0.1) is 6.92 Å². The SMILES string of the molecule is Cc1ncnc2c1ccn2C1SC(CCc2ccc3cc(Br)c(N)nc3c2)C(O)C1O. The quantitative estimate of drug-likeness (QED) is 0.393. The molecule has 4 unspecified atom stereocenters. The number of nitrogens with two attached hydrogens (primary N) is 1. The van der Waals surface area contributed by atoms with Gasteiger partial charge in [0.1, 0.15) is 29.3 Å². The highest BCUT2D eigenvalue weighted by Gasteiger charge is 2.43. The fraction of sp³-hybridized carbons (Fsp3) is 0.318. The third kappa shape index (κ3) is 3.69. The monoisotopic (exact) mass is 499 g/mol. The van der Waals surface area contributed by atoms with E-state index in [0.29, 0.717) is 5.82 Å². The summed E-state index contributed by atoms with van der Waals surface area (Å²) in [5, 5.41) is 23.1. The van der Waals surface area contributed by atoms with Gasteiger partial charge < -0.3 is 20.5 Å². The van der Waals surface area contributed by atoms with Gasteiger partial charge in [-0.3, -0.25) is 0 Å². The summed E-state index contributed by atoms with van der Waals surface area (Å²) in [6, 6.07) is 10.1. The molecule has 31 heavy (non-hydrogen) atoms. The number of pyridine rings is 1. The molecule has 3 aromatic heterocycles. The van der Waals surface area contributed by atoms with Crippen molar-refractivity contribution >= 4 is 55.4 Å². The van der Waals surface area contributed by atoms with Gasteiger partial charge in [-0.2, -0.15) is 0 Å². The van der Waals surface area contributed by atoms with Gasteiger partial charge in [-0.1, -0.05) is 12.1 Å². The second-order valence-corrected chi connectivity index (χ2v) is 10.1. The van der Waals surface area contributed by atoms with Crippen molar-refractivity contribution in [3.05, 3.63) is 58.6 Å². The number of aryl methyl sites for hydroxylation is 2. The number of aromatic nitrogens is 4. The first-order chi connectivity index (χ1) is 14.9. The van der Waals surface area contributed by atoms with E-state index in [1.165, 1.54) is 6.33 Å². The smallest absolute Gasteiger partial charge is 0.144 e. The molecule has 0 radical (unpaired) electrons. The molecule has 4 N–H and O–H groups in total. The number of benzene rings is 1. The largest absolute Gasteiger partial charge is 0.389 e. The lowest BCUT2D eigenvalue weighted by Gasteiger charge is -2.17. The standard InChI is InChI=1S/C22H22BrN5O2S/c1-11-14-6-7-28(21(14)26-10-25-11)22-19(30)18(29)17(31-22)5-3-12-2-4-13-9-15(23)20(24)27-16(13)8-12/h2,4,6-10,17-19,22,29-30H,3,5H2,1H3,(H2,24,27). The van der Waals surface area contributed by atoms with Crippen molar-refractivity contribution in [1.29, 1.82) is 0 Å². The Bertz CT molecular complexity index is 1280. The maximum Gasteiger partial charge on any atom is 0.144 e. The molecule has 4 aromatic rings. The summed E-state index contributed by atoms with van der Waals surface area (Å²) in [7, 11) is 0. The Morgan fingerprint density at radius 1 is 1.16 bits per heavy atom. The van der Waals surface area contributed by atoms with Gasteiger partial charge in [0.25, 0.3) is 0 Å². The fourth-order valence-corrected chi connectivity index (χ4v) is 6.06. The number of nitrogens with zero attached hydrogens (tertiary/aromatic N) is 4. The van der Waals surface area contributed by atoms with Crippen LogP contribution < -0.4 is 5.73 Å². The number of hydrogen-bond acceptors (Lipinski definition) is 7. The summed E-state index contributed by atoms with van der Waals surface area (Å²) in [6.07, 6.45) is 3.30. The Kier molecular flexibility index (Phi) is 5.37. The number of nitrogen functional groups attached to an aromatic ring is 1. The first-order valence-corrected chi connectivity index (χ1v) is 11.8. The van der Waals surface area contributed by atoms with Crippen molar-refractivity contribution in [2.24, 2.45) is 0 Å². The van der Waals surface area contributed by atoms with Crippen molar-refractivity contribution in [3.63, 3.8) is 0 Å². The maximum absolute atomic E-state index is 10.8. The molecule has 0 bridgehead atoms. The lowest BCUT2D eigenvalue weighted by Crippen LogP contribution is -2.31. The molecule has 0 spiro atoms. The van der Waals surface area contributed by atoms with Crippen LogP contribution in [-0.2, 0) is 6.42 Å². The molecule has 1 saturated heterocycles. The van der Waals surface area contributed by atoms with Crippen LogP contribution in [-0.4, -0.2) is 47.2 Å². The number of halogens is 1. The molecule has 0 aliphatic carbocycles. The molecule has 160 valence electrons. The zero-order valence-corrected chi connectivity index (χ0v) is 19.2. The Morgan fingerprint density at radius 2 is 2.00 bits per heavy atom. The highest BCUT2D eigenvalue weighted by atomic mass is 79.9. The highest BCUT2D eigenvalue weighted by molar-refractivity contribution is 9.10. The van der Waals surface area contributed by atoms with Gasteiger partial charge in [0, 0.05) is 22.2 Å². The Labute approximate surface area is 191 Å². The van der Waals surface area contributed by atoms with E-state index in [2.05, 4.69) is 36.9 Å². The summed E-state index contributed by atoms with van der Waals surface area (Å²) in [6.45, 7) is 1.94. The minimum atomic E-state index is -0.865. The predicted octanol–water partition coefficient (Wildman–Crippen LogP) is 3.60. The van der Waals surface area contributed by atoms with Crippen molar-refractivity contribution in [2.45, 2.75) is 42.6 Å². The number of anilines is 1. The van der Waals surface area contributed by atoms with E-state index in [1.807, 2.05) is 42.0 Å². The van der Waals surface area contributed by atoms with Gasteiger partial charge >= 0.3 is 0 Å². The lowest BCUT2D eigenvalue weighted by atomic mass is 10.0. The third-order valence-corrected chi connectivity index (χ3v) is 8.18. The van der Waals surface area contributed by atoms with E-state index in [4.69, 9.17) is 5.73 Å². The van der Waals surface area contributed by atoms with Gasteiger partial charge in [0.05, 0.1) is 21.8 Å². The number of fused-ring (bicyclic) bond motifs is 2. The molecular formula is C22H22BrN5O2S. The van der Waals surface area contributed by atoms with Gasteiger partial charge in [-0.15, -0.1) is 11.8 Å². The van der Waals surface area contributed by atoms with Crippen LogP contribution in [0.15, 0.2) is 47.3 Å². The van der Waals surface area contributed by atoms with Crippen LogP contribution in [0.3, 0.4) is 0 Å². The van der Waals surface area contributed by atoms with E-state index in [1.54, 1.807) is 11.8 Å². The van der Waals surface area contributed by atoms with Crippen molar-refractivity contribution in [2.75, 3.05) is 5.73 Å². The van der Waals surface area contributed by atoms with E-state index >= 15 is 0 Å². The van der Waals surface area contributed by atoms with Crippen molar-refractivity contribution < 1.29 is 10.2 Å². The summed E-state index contributed by atoms with van der Waals surface area (Å²) in [4.78, 5) is 13.1. The number of hydrogen-bond donors (Lipinski definition) is 3. The number of aliphatic hydroxyl groups excluding tert-OH is 2. The molecule has 1 aliphatic rings. The third-order valence-electron chi connectivity index (χ3n) is 5.90. The number of rotatable bonds is 4. The Hall–Kier alpha value is -2.20. The van der Waals surface area contributed by atoms with Gasteiger partial charge in [0.15, 0.2) is 0 Å². The highest BCUT2D eigenvalue weighted by Crippen LogP contribution is 2.45. The van der Waals surface area contributed by atoms with Crippen LogP contribution >= 0.6 is 27.7 Å². The fourth-order valence-electron chi connectivity index (χ4n) is 4.17. The minimum Gasteiger partial charge on any atom is -0.389 e. The molecule has 4 heterocycles. The molecule has 1 aromatic carbocycles. The normalized spacial score (nSPS) is 23.7. The molecule has 0 saturated carbocycles. The molecule has 7 nitrogen and oxygen atoms in total. The topological polar surface area (TPSA) is 110 Å². The van der Waals surface area contributed by atoms with Crippen LogP contribution in [0.25, 0.3) is 21.9 Å². The molecular weight excluding hydrogens is 478 g/mol. The summed E-state index contributed by atoms with van der Waals surface area (Å²) in [5.74, 6) is 0.468. The predicted molar refractivity (Wildman–Crippen MR) is 127 cm³/mol. The average molecular weight is 500 g/mol. The average Bonchev–Trinajstić information content (AvgIpc) is 3.30. The molecule has 0 amide bonds. The first-order valence-electron chi connectivity index (χ1n) is 10.1. The zero-order chi connectivity index (χ0) is 21.7. The molecule has 4 atom stereocenters. The van der Waals surface area contributed by atoms with Gasteiger partial charge in [-0.05, 0) is 59.5 Å². The van der Waals surface area contributed by atoms with Gasteiger partial charge in [0.2, 0.25) is 0 Å². The number of aliphatic hydroxyl groups is 2. The van der Waals surface area contributed by atoms with E-state index in [9.17, 15) is 10.2 Å². The first kappa shape index (κ1) is 20.7. The maximum atomic E-state index is 10.8. The van der Waals surface area contributed by atoms with Crippen molar-refractivity contribution in [1.82, 2.24) is 19.5 Å². The van der Waals surface area contributed by atoms with Crippen LogP contribution in [0.4, 0.5) is 5.82 Å². The lowest BCUT2D eigenvalue weighted by molar-refractivity contribution is 0.0176. The summed E-state index contributed by atoms with van der Waals surface area (Å²) in [5.41, 5.74) is 9.58. The Morgan fingerprint density at radius 3 is 2.84 bits per heavy atom. The molecule has 9 heteroatoms. The van der Waals surface area contributed by atoms with E-state index < -0.39 is 12.2 Å². The molecule has 1 fully saturated rings. The molecule has 5 rings (SSSR count). The van der Waals surface area contributed by atoms with Crippen LogP contribution in [0.5, 0.6) is 0 Å². The second kappa shape index (κ2) is 8.05.